The zero-order valence-electron chi connectivity index (χ0n) is 10.7. The smallest absolute Gasteiger partial charge is 0.162 e. The van der Waals surface area contributed by atoms with Gasteiger partial charge < -0.3 is 14.8 Å². The van der Waals surface area contributed by atoms with Crippen LogP contribution in [-0.2, 0) is 6.54 Å². The zero-order chi connectivity index (χ0) is 12.5. The summed E-state index contributed by atoms with van der Waals surface area (Å²) in [6.45, 7) is 5.58. The molecule has 3 heteroatoms. The van der Waals surface area contributed by atoms with Gasteiger partial charge in [0, 0.05) is 6.54 Å². The second kappa shape index (κ2) is 7.59. The van der Waals surface area contributed by atoms with E-state index in [0.29, 0.717) is 13.2 Å². The molecule has 0 unspecified atom stereocenters. The van der Waals surface area contributed by atoms with Gasteiger partial charge in [0.2, 0.25) is 0 Å². The average molecular weight is 233 g/mol. The van der Waals surface area contributed by atoms with Crippen molar-refractivity contribution in [1.82, 2.24) is 5.32 Å². The average Bonchev–Trinajstić information content (AvgIpc) is 2.33. The fraction of sp³-hybridized carbons (Fsp3) is 0.429. The molecular formula is C14H19NO2. The molecule has 1 aromatic rings. The summed E-state index contributed by atoms with van der Waals surface area (Å²) < 4.78 is 11.1. The van der Waals surface area contributed by atoms with Gasteiger partial charge in [-0.3, -0.25) is 0 Å². The number of rotatable bonds is 6. The van der Waals surface area contributed by atoms with E-state index in [1.165, 1.54) is 5.56 Å². The highest BCUT2D eigenvalue weighted by Gasteiger charge is 2.05. The zero-order valence-corrected chi connectivity index (χ0v) is 10.7. The minimum atomic E-state index is 0.391. The first-order valence-electron chi connectivity index (χ1n) is 5.74. The maximum absolute atomic E-state index is 5.55. The molecule has 1 rings (SSSR count). The Hall–Kier alpha value is -1.66. The van der Waals surface area contributed by atoms with Crippen LogP contribution in [0.5, 0.6) is 11.5 Å². The van der Waals surface area contributed by atoms with E-state index < -0.39 is 0 Å². The first-order chi connectivity index (χ1) is 8.31. The van der Waals surface area contributed by atoms with Crippen molar-refractivity contribution in [3.05, 3.63) is 23.8 Å². The normalized spacial score (nSPS) is 9.35. The Morgan fingerprint density at radius 3 is 2.71 bits per heavy atom. The first-order valence-corrected chi connectivity index (χ1v) is 5.74. The highest BCUT2D eigenvalue weighted by atomic mass is 16.5. The van der Waals surface area contributed by atoms with E-state index in [2.05, 4.69) is 17.2 Å². The van der Waals surface area contributed by atoms with E-state index in [9.17, 15) is 0 Å². The van der Waals surface area contributed by atoms with Crippen LogP contribution in [0.4, 0.5) is 0 Å². The maximum Gasteiger partial charge on any atom is 0.162 e. The lowest BCUT2D eigenvalue weighted by atomic mass is 10.2. The minimum absolute atomic E-state index is 0.391. The largest absolute Gasteiger partial charge is 0.490 e. The molecule has 0 radical (unpaired) electrons. The molecule has 1 N–H and O–H groups in total. The number of hydrogen-bond donors (Lipinski definition) is 1. The Balaban J connectivity index is 2.81. The van der Waals surface area contributed by atoms with Crippen LogP contribution in [0.3, 0.4) is 0 Å². The Bertz CT molecular complexity index is 404. The SMILES string of the molecule is CC#CCOc1ccc(CNC)cc1OCC. The Morgan fingerprint density at radius 1 is 1.24 bits per heavy atom. The molecule has 0 aromatic heterocycles. The first kappa shape index (κ1) is 13.4. The summed E-state index contributed by atoms with van der Waals surface area (Å²) in [5.74, 6) is 7.18. The van der Waals surface area contributed by atoms with E-state index in [0.717, 1.165) is 18.0 Å². The highest BCUT2D eigenvalue weighted by Crippen LogP contribution is 2.28. The van der Waals surface area contributed by atoms with Crippen molar-refractivity contribution in [3.63, 3.8) is 0 Å². The van der Waals surface area contributed by atoms with Gasteiger partial charge in [-0.1, -0.05) is 12.0 Å². The quantitative estimate of drug-likeness (QED) is 0.764. The van der Waals surface area contributed by atoms with Gasteiger partial charge in [-0.25, -0.2) is 0 Å². The van der Waals surface area contributed by atoms with Crippen molar-refractivity contribution < 1.29 is 9.47 Å². The molecule has 17 heavy (non-hydrogen) atoms. The summed E-state index contributed by atoms with van der Waals surface area (Å²) in [4.78, 5) is 0. The van der Waals surface area contributed by atoms with Crippen molar-refractivity contribution in [2.24, 2.45) is 0 Å². The second-order valence-corrected chi connectivity index (χ2v) is 3.46. The maximum atomic E-state index is 5.55. The Kier molecular flexibility index (Phi) is 5.98. The van der Waals surface area contributed by atoms with Gasteiger partial charge in [0.05, 0.1) is 6.61 Å². The van der Waals surface area contributed by atoms with Gasteiger partial charge in [0.25, 0.3) is 0 Å². The molecule has 0 spiro atoms. The molecule has 0 aliphatic rings. The molecule has 0 heterocycles. The number of benzene rings is 1. The molecule has 0 aliphatic heterocycles. The lowest BCUT2D eigenvalue weighted by Crippen LogP contribution is -2.06. The Labute approximate surface area is 103 Å². The molecule has 1 aromatic carbocycles. The van der Waals surface area contributed by atoms with Gasteiger partial charge in [-0.15, -0.1) is 5.92 Å². The van der Waals surface area contributed by atoms with Crippen LogP contribution in [-0.4, -0.2) is 20.3 Å². The van der Waals surface area contributed by atoms with Crippen LogP contribution in [0.1, 0.15) is 19.4 Å². The van der Waals surface area contributed by atoms with E-state index in [1.54, 1.807) is 6.92 Å². The molecule has 0 fully saturated rings. The van der Waals surface area contributed by atoms with Crippen molar-refractivity contribution in [1.29, 1.82) is 0 Å². The molecule has 0 saturated heterocycles. The summed E-state index contributed by atoms with van der Waals surface area (Å²) >= 11 is 0. The fourth-order valence-electron chi connectivity index (χ4n) is 1.44. The van der Waals surface area contributed by atoms with Crippen LogP contribution in [0.15, 0.2) is 18.2 Å². The molecule has 0 atom stereocenters. The van der Waals surface area contributed by atoms with Crippen LogP contribution in [0.2, 0.25) is 0 Å². The molecule has 0 bridgehead atoms. The molecule has 0 saturated carbocycles. The summed E-state index contributed by atoms with van der Waals surface area (Å²) in [5.41, 5.74) is 1.17. The van der Waals surface area contributed by atoms with Gasteiger partial charge >= 0.3 is 0 Å². The van der Waals surface area contributed by atoms with Crippen LogP contribution >= 0.6 is 0 Å². The van der Waals surface area contributed by atoms with Gasteiger partial charge in [-0.05, 0) is 38.6 Å². The van der Waals surface area contributed by atoms with Crippen LogP contribution in [0, 0.1) is 11.8 Å². The lowest BCUT2D eigenvalue weighted by Gasteiger charge is -2.11. The van der Waals surface area contributed by atoms with Gasteiger partial charge in [0.1, 0.15) is 6.61 Å². The third kappa shape index (κ3) is 4.38. The van der Waals surface area contributed by atoms with Crippen molar-refractivity contribution in [2.45, 2.75) is 20.4 Å². The fourth-order valence-corrected chi connectivity index (χ4v) is 1.44. The van der Waals surface area contributed by atoms with Gasteiger partial charge in [-0.2, -0.15) is 0 Å². The molecular weight excluding hydrogens is 214 g/mol. The minimum Gasteiger partial charge on any atom is -0.490 e. The molecule has 3 nitrogen and oxygen atoms in total. The van der Waals surface area contributed by atoms with Crippen molar-refractivity contribution in [3.8, 4) is 23.3 Å². The third-order valence-corrected chi connectivity index (χ3v) is 2.17. The van der Waals surface area contributed by atoms with Crippen molar-refractivity contribution in [2.75, 3.05) is 20.3 Å². The lowest BCUT2D eigenvalue weighted by molar-refractivity contribution is 0.299. The van der Waals surface area contributed by atoms with Crippen LogP contribution in [0.25, 0.3) is 0 Å². The van der Waals surface area contributed by atoms with E-state index >= 15 is 0 Å². The predicted octanol–water partition coefficient (Wildman–Crippen LogP) is 2.21. The van der Waals surface area contributed by atoms with Crippen molar-refractivity contribution >= 4 is 0 Å². The number of hydrogen-bond acceptors (Lipinski definition) is 3. The third-order valence-electron chi connectivity index (χ3n) is 2.17. The molecule has 0 aliphatic carbocycles. The monoisotopic (exact) mass is 233 g/mol. The Morgan fingerprint density at radius 2 is 2.06 bits per heavy atom. The summed E-state index contributed by atoms with van der Waals surface area (Å²) in [6, 6.07) is 5.94. The predicted molar refractivity (Wildman–Crippen MR) is 69.3 cm³/mol. The highest BCUT2D eigenvalue weighted by molar-refractivity contribution is 5.43. The molecule has 92 valence electrons. The summed E-state index contributed by atoms with van der Waals surface area (Å²) in [5, 5.41) is 3.11. The number of nitrogens with one attached hydrogen (secondary N) is 1. The standard InChI is InChI=1S/C14H19NO2/c1-4-6-9-17-13-8-7-12(11-15-3)10-14(13)16-5-2/h7-8,10,15H,5,9,11H2,1-3H3. The van der Waals surface area contributed by atoms with E-state index in [1.807, 2.05) is 32.2 Å². The second-order valence-electron chi connectivity index (χ2n) is 3.46. The summed E-state index contributed by atoms with van der Waals surface area (Å²) in [6.07, 6.45) is 0. The topological polar surface area (TPSA) is 30.5 Å². The van der Waals surface area contributed by atoms with E-state index in [4.69, 9.17) is 9.47 Å². The van der Waals surface area contributed by atoms with Gasteiger partial charge in [0.15, 0.2) is 11.5 Å². The number of ether oxygens (including phenoxy) is 2. The van der Waals surface area contributed by atoms with E-state index in [-0.39, 0.29) is 0 Å². The van der Waals surface area contributed by atoms with Crippen LogP contribution < -0.4 is 14.8 Å². The molecule has 0 amide bonds. The summed E-state index contributed by atoms with van der Waals surface area (Å²) in [7, 11) is 1.92.